The van der Waals surface area contributed by atoms with Crippen LogP contribution in [0.3, 0.4) is 0 Å². The molecule has 0 atom stereocenters. The molecule has 7 rings (SSSR count). The van der Waals surface area contributed by atoms with Gasteiger partial charge < -0.3 is 4.98 Å². The Kier molecular flexibility index (Phi) is 6.99. The summed E-state index contributed by atoms with van der Waals surface area (Å²) in [6.45, 7) is 2.58. The van der Waals surface area contributed by atoms with Gasteiger partial charge in [0.05, 0.1) is 17.6 Å². The van der Waals surface area contributed by atoms with E-state index in [9.17, 15) is 9.59 Å². The number of amides is 1. The minimum Gasteiger partial charge on any atom is -0.324 e. The van der Waals surface area contributed by atoms with Gasteiger partial charge in [-0.1, -0.05) is 54.1 Å². The minimum absolute atomic E-state index is 0.0645. The van der Waals surface area contributed by atoms with Crippen molar-refractivity contribution in [3.8, 4) is 0 Å². The first-order valence-electron chi connectivity index (χ1n) is 13.6. The van der Waals surface area contributed by atoms with Gasteiger partial charge in [0.15, 0.2) is 5.78 Å². The highest BCUT2D eigenvalue weighted by molar-refractivity contribution is 7.11. The molecule has 8 nitrogen and oxygen atoms in total. The zero-order valence-electron chi connectivity index (χ0n) is 22.4. The van der Waals surface area contributed by atoms with Crippen molar-refractivity contribution in [2.24, 2.45) is 0 Å². The molecule has 1 aliphatic rings. The Morgan fingerprint density at radius 3 is 2.69 bits per heavy atom. The monoisotopic (exact) mass is 592 g/mol. The van der Waals surface area contributed by atoms with Gasteiger partial charge in [-0.2, -0.15) is 0 Å². The number of halogens is 1. The maximum absolute atomic E-state index is 13.4. The zero-order chi connectivity index (χ0) is 28.6. The van der Waals surface area contributed by atoms with Crippen molar-refractivity contribution in [1.29, 1.82) is 0 Å². The highest BCUT2D eigenvalue weighted by atomic mass is 35.5. The number of nitrogens with one attached hydrogen (secondary N) is 2. The van der Waals surface area contributed by atoms with Crippen LogP contribution in [0.5, 0.6) is 0 Å². The molecule has 3 aromatic heterocycles. The lowest BCUT2D eigenvalue weighted by Crippen LogP contribution is -2.29. The molecule has 1 amide bonds. The van der Waals surface area contributed by atoms with Crippen molar-refractivity contribution >= 4 is 62.4 Å². The van der Waals surface area contributed by atoms with E-state index in [1.54, 1.807) is 29.7 Å². The van der Waals surface area contributed by atoms with Crippen LogP contribution in [0.4, 0.5) is 5.95 Å². The molecule has 0 bridgehead atoms. The minimum atomic E-state index is -0.383. The van der Waals surface area contributed by atoms with E-state index in [2.05, 4.69) is 37.3 Å². The van der Waals surface area contributed by atoms with Gasteiger partial charge in [-0.3, -0.25) is 24.8 Å². The summed E-state index contributed by atoms with van der Waals surface area (Å²) in [5.41, 5.74) is 4.26. The number of carbonyl (C=O) groups excluding carboxylic acids is 2. The zero-order valence-corrected chi connectivity index (χ0v) is 24.0. The van der Waals surface area contributed by atoms with E-state index in [0.29, 0.717) is 16.6 Å². The number of rotatable bonds is 7. The number of imidazole rings is 1. The Morgan fingerprint density at radius 1 is 1.00 bits per heavy atom. The lowest BCUT2D eigenvalue weighted by atomic mass is 10.1. The molecule has 10 heteroatoms. The third-order valence-electron chi connectivity index (χ3n) is 7.39. The first kappa shape index (κ1) is 26.5. The number of nitrogens with zero attached hydrogens (tertiary/aromatic N) is 4. The van der Waals surface area contributed by atoms with Gasteiger partial charge in [-0.25, -0.2) is 9.97 Å². The Labute approximate surface area is 250 Å². The van der Waals surface area contributed by atoms with Crippen LogP contribution in [-0.2, 0) is 25.9 Å². The smallest absolute Gasteiger partial charge is 0.276 e. The molecule has 42 heavy (non-hydrogen) atoms. The topological polar surface area (TPSA) is 104 Å². The molecule has 2 N–H and O–H groups in total. The van der Waals surface area contributed by atoms with E-state index in [0.717, 1.165) is 52.6 Å². The third-order valence-corrected chi connectivity index (χ3v) is 8.73. The summed E-state index contributed by atoms with van der Waals surface area (Å²) in [6, 6.07) is 22.8. The number of hydrogen-bond acceptors (Lipinski definition) is 7. The first-order valence-corrected chi connectivity index (χ1v) is 14.8. The Hall–Kier alpha value is -4.44. The van der Waals surface area contributed by atoms with Crippen molar-refractivity contribution in [2.75, 3.05) is 11.9 Å². The van der Waals surface area contributed by atoms with Gasteiger partial charge in [-0.15, -0.1) is 11.3 Å². The molecule has 6 aromatic rings. The van der Waals surface area contributed by atoms with E-state index in [1.807, 2.05) is 48.5 Å². The number of fused-ring (bicyclic) bond motifs is 3. The molecule has 0 aliphatic carbocycles. The molecule has 1 aliphatic heterocycles. The van der Waals surface area contributed by atoms with Crippen LogP contribution in [-0.4, -0.2) is 43.1 Å². The molecule has 0 fully saturated rings. The van der Waals surface area contributed by atoms with E-state index in [4.69, 9.17) is 16.6 Å². The van der Waals surface area contributed by atoms with Crippen LogP contribution in [0.2, 0.25) is 5.02 Å². The van der Waals surface area contributed by atoms with E-state index in [-0.39, 0.29) is 29.8 Å². The second-order valence-corrected chi connectivity index (χ2v) is 11.9. The van der Waals surface area contributed by atoms with Gasteiger partial charge in [0.25, 0.3) is 5.91 Å². The number of aromatic amines is 1. The molecule has 0 unspecified atom stereocenters. The number of pyridine rings is 1. The number of aromatic nitrogens is 4. The molecule has 0 saturated carbocycles. The van der Waals surface area contributed by atoms with Crippen LogP contribution >= 0.6 is 22.9 Å². The Morgan fingerprint density at radius 2 is 1.83 bits per heavy atom. The average Bonchev–Trinajstić information content (AvgIpc) is 3.60. The van der Waals surface area contributed by atoms with Crippen molar-refractivity contribution in [1.82, 2.24) is 24.8 Å². The fraction of sp³-hybridized carbons (Fsp3) is 0.156. The molecule has 0 saturated heterocycles. The number of thiazole rings is 1. The number of hydrogen-bond donors (Lipinski definition) is 2. The molecule has 208 valence electrons. The number of anilines is 1. The number of H-pyrrole nitrogens is 1. The molecular formula is C32H25ClN6O2S. The van der Waals surface area contributed by atoms with Gasteiger partial charge in [0.1, 0.15) is 16.2 Å². The predicted molar refractivity (Wildman–Crippen MR) is 165 cm³/mol. The summed E-state index contributed by atoms with van der Waals surface area (Å²) in [4.78, 5) is 46.7. The van der Waals surface area contributed by atoms with Crippen molar-refractivity contribution in [2.45, 2.75) is 25.9 Å². The highest BCUT2D eigenvalue weighted by Gasteiger charge is 2.23. The number of Topliss-reactive ketones (excluding diaryl/α,β-unsaturated/α-hetero) is 1. The summed E-state index contributed by atoms with van der Waals surface area (Å²) < 4.78 is 0. The summed E-state index contributed by atoms with van der Waals surface area (Å²) in [6.07, 6.45) is 2.73. The van der Waals surface area contributed by atoms with Crippen molar-refractivity contribution in [3.63, 3.8) is 0 Å². The summed E-state index contributed by atoms with van der Waals surface area (Å²) in [5, 5.41) is 6.21. The highest BCUT2D eigenvalue weighted by Crippen LogP contribution is 2.28. The van der Waals surface area contributed by atoms with Crippen LogP contribution in [0.15, 0.2) is 79.0 Å². The largest absolute Gasteiger partial charge is 0.324 e. The van der Waals surface area contributed by atoms with Crippen molar-refractivity contribution in [3.05, 3.63) is 116 Å². The number of benzene rings is 3. The van der Waals surface area contributed by atoms with Crippen LogP contribution in [0.1, 0.15) is 42.0 Å². The van der Waals surface area contributed by atoms with Gasteiger partial charge in [-0.05, 0) is 41.3 Å². The summed E-state index contributed by atoms with van der Waals surface area (Å²) in [7, 11) is 0. The second kappa shape index (κ2) is 11.1. The van der Waals surface area contributed by atoms with Crippen LogP contribution in [0, 0.1) is 0 Å². The standard InChI is InChI=1S/C32H25ClN6O2S/c33-22-10-8-19(9-11-22)17-39-13-12-24-28(18-39)42-29(35-24)15-27(40)23-6-3-7-25-30(23)37-32(36-25)38-31(41)26-14-20-4-1-2-5-21(20)16-34-26/h1-11,14,16H,12-13,15,17-18H2,(H2,36,37,38,41). The lowest BCUT2D eigenvalue weighted by Gasteiger charge is -2.25. The number of carbonyl (C=O) groups is 2. The van der Waals surface area contributed by atoms with Gasteiger partial charge in [0.2, 0.25) is 5.95 Å². The number of para-hydroxylation sites is 1. The fourth-order valence-electron chi connectivity index (χ4n) is 5.29. The lowest BCUT2D eigenvalue weighted by molar-refractivity contribution is 0.0992. The Bertz CT molecular complexity index is 1970. The van der Waals surface area contributed by atoms with E-state index >= 15 is 0 Å². The van der Waals surface area contributed by atoms with Gasteiger partial charge in [0, 0.05) is 53.1 Å². The van der Waals surface area contributed by atoms with Crippen molar-refractivity contribution < 1.29 is 9.59 Å². The summed E-state index contributed by atoms with van der Waals surface area (Å²) in [5.74, 6) is -0.188. The molecular weight excluding hydrogens is 568 g/mol. The molecule has 3 aromatic carbocycles. The van der Waals surface area contributed by atoms with Gasteiger partial charge >= 0.3 is 0 Å². The maximum Gasteiger partial charge on any atom is 0.276 e. The Balaban J connectivity index is 1.05. The normalized spacial score (nSPS) is 13.4. The van der Waals surface area contributed by atoms with Crippen LogP contribution in [0.25, 0.3) is 21.8 Å². The quantitative estimate of drug-likeness (QED) is 0.206. The number of ketones is 1. The first-order chi connectivity index (χ1) is 20.5. The molecule has 4 heterocycles. The molecule has 0 spiro atoms. The fourth-order valence-corrected chi connectivity index (χ4v) is 6.57. The predicted octanol–water partition coefficient (Wildman–Crippen LogP) is 6.46. The summed E-state index contributed by atoms with van der Waals surface area (Å²) >= 11 is 7.64. The maximum atomic E-state index is 13.4. The second-order valence-electron chi connectivity index (χ2n) is 10.3. The van der Waals surface area contributed by atoms with E-state index in [1.165, 1.54) is 10.4 Å². The average molecular weight is 593 g/mol. The van der Waals surface area contributed by atoms with E-state index < -0.39 is 0 Å². The third kappa shape index (κ3) is 5.42. The SMILES string of the molecule is O=C(Nc1nc2c(C(=O)Cc3nc4c(s3)CN(Cc3ccc(Cl)cc3)CC4)cccc2[nH]1)c1cc2ccccc2cn1. The molecule has 0 radical (unpaired) electrons. The van der Waals surface area contributed by atoms with Crippen LogP contribution < -0.4 is 5.32 Å².